The van der Waals surface area contributed by atoms with E-state index in [9.17, 15) is 4.79 Å². The second kappa shape index (κ2) is 7.29. The average Bonchev–Trinajstić information content (AvgIpc) is 2.92. The van der Waals surface area contributed by atoms with Crippen LogP contribution in [-0.4, -0.2) is 15.8 Å². The molecule has 2 aromatic rings. The first-order valence-electron chi connectivity index (χ1n) is 7.12. The third kappa shape index (κ3) is 3.97. The van der Waals surface area contributed by atoms with Crippen molar-refractivity contribution < 1.29 is 4.79 Å². The fourth-order valence-electron chi connectivity index (χ4n) is 2.03. The van der Waals surface area contributed by atoms with Gasteiger partial charge in [-0.05, 0) is 25.0 Å². The van der Waals surface area contributed by atoms with Crippen molar-refractivity contribution >= 4 is 17.1 Å². The van der Waals surface area contributed by atoms with Crippen LogP contribution in [0.5, 0.6) is 0 Å². The standard InChI is InChI=1S/C16H20N2OS/c1-3-4-5-6-7-14-8-9-15(20-14)13-10-17-16(12(2)19)18-11-13/h8-11H,3-7H2,1-2H3. The van der Waals surface area contributed by atoms with Crippen molar-refractivity contribution in [2.45, 2.75) is 46.0 Å². The first-order valence-corrected chi connectivity index (χ1v) is 7.94. The van der Waals surface area contributed by atoms with Gasteiger partial charge in [-0.25, -0.2) is 9.97 Å². The van der Waals surface area contributed by atoms with Gasteiger partial charge in [-0.2, -0.15) is 0 Å². The summed E-state index contributed by atoms with van der Waals surface area (Å²) in [6.45, 7) is 3.71. The first kappa shape index (κ1) is 14.9. The molecule has 0 aliphatic rings. The number of hydrogen-bond acceptors (Lipinski definition) is 4. The summed E-state index contributed by atoms with van der Waals surface area (Å²) in [5.41, 5.74) is 0.986. The van der Waals surface area contributed by atoms with Crippen molar-refractivity contribution in [3.8, 4) is 10.4 Å². The van der Waals surface area contributed by atoms with E-state index in [0.29, 0.717) is 0 Å². The van der Waals surface area contributed by atoms with Crippen LogP contribution in [0.4, 0.5) is 0 Å². The molecule has 0 aliphatic carbocycles. The van der Waals surface area contributed by atoms with E-state index in [-0.39, 0.29) is 11.6 Å². The van der Waals surface area contributed by atoms with Crippen LogP contribution in [0.15, 0.2) is 24.5 Å². The van der Waals surface area contributed by atoms with Gasteiger partial charge in [0.25, 0.3) is 0 Å². The van der Waals surface area contributed by atoms with Crippen molar-refractivity contribution in [1.82, 2.24) is 9.97 Å². The summed E-state index contributed by atoms with van der Waals surface area (Å²) in [5, 5.41) is 0. The summed E-state index contributed by atoms with van der Waals surface area (Å²) in [6, 6.07) is 4.30. The molecule has 0 radical (unpaired) electrons. The Bertz CT molecular complexity index is 560. The quantitative estimate of drug-likeness (QED) is 0.555. The van der Waals surface area contributed by atoms with Gasteiger partial charge in [-0.15, -0.1) is 11.3 Å². The van der Waals surface area contributed by atoms with Crippen molar-refractivity contribution in [2.24, 2.45) is 0 Å². The Labute approximate surface area is 124 Å². The fraction of sp³-hybridized carbons (Fsp3) is 0.438. The van der Waals surface area contributed by atoms with Gasteiger partial charge >= 0.3 is 0 Å². The molecule has 0 aliphatic heterocycles. The minimum Gasteiger partial charge on any atom is -0.291 e. The Balaban J connectivity index is 1.99. The molecule has 0 bridgehead atoms. The maximum atomic E-state index is 11.1. The molecule has 2 aromatic heterocycles. The van der Waals surface area contributed by atoms with Gasteiger partial charge in [0.15, 0.2) is 11.6 Å². The van der Waals surface area contributed by atoms with Crippen LogP contribution >= 0.6 is 11.3 Å². The van der Waals surface area contributed by atoms with Gasteiger partial charge in [-0.1, -0.05) is 26.2 Å². The van der Waals surface area contributed by atoms with Crippen molar-refractivity contribution in [3.05, 3.63) is 35.2 Å². The number of nitrogens with zero attached hydrogens (tertiary/aromatic N) is 2. The maximum absolute atomic E-state index is 11.1. The summed E-state index contributed by atoms with van der Waals surface area (Å²) >= 11 is 1.79. The molecule has 0 spiro atoms. The number of aryl methyl sites for hydroxylation is 1. The first-order chi connectivity index (χ1) is 9.70. The summed E-state index contributed by atoms with van der Waals surface area (Å²) in [6.07, 6.45) is 9.77. The minimum atomic E-state index is -0.0978. The third-order valence-corrected chi connectivity index (χ3v) is 4.38. The molecule has 0 fully saturated rings. The lowest BCUT2D eigenvalue weighted by Gasteiger charge is -1.98. The van der Waals surface area contributed by atoms with Gasteiger partial charge in [-0.3, -0.25) is 4.79 Å². The van der Waals surface area contributed by atoms with Crippen molar-refractivity contribution in [1.29, 1.82) is 0 Å². The lowest BCUT2D eigenvalue weighted by Crippen LogP contribution is -1.99. The number of unbranched alkanes of at least 4 members (excludes halogenated alkanes) is 3. The van der Waals surface area contributed by atoms with Crippen LogP contribution in [-0.2, 0) is 6.42 Å². The average molecular weight is 288 g/mol. The fourth-order valence-corrected chi connectivity index (χ4v) is 3.05. The van der Waals surface area contributed by atoms with Crippen LogP contribution in [0.1, 0.15) is 55.0 Å². The zero-order valence-electron chi connectivity index (χ0n) is 12.1. The van der Waals surface area contributed by atoms with E-state index in [1.807, 2.05) is 0 Å². The second-order valence-corrected chi connectivity index (χ2v) is 6.10. The number of thiophene rings is 1. The number of carbonyl (C=O) groups excluding carboxylic acids is 1. The summed E-state index contributed by atoms with van der Waals surface area (Å²) < 4.78 is 0. The summed E-state index contributed by atoms with van der Waals surface area (Å²) in [4.78, 5) is 21.9. The number of ketones is 1. The zero-order chi connectivity index (χ0) is 14.4. The maximum Gasteiger partial charge on any atom is 0.196 e. The Morgan fingerprint density at radius 1 is 1.15 bits per heavy atom. The highest BCUT2D eigenvalue weighted by molar-refractivity contribution is 7.15. The molecule has 3 nitrogen and oxygen atoms in total. The number of hydrogen-bond donors (Lipinski definition) is 0. The number of Topliss-reactive ketones (excluding diaryl/α,β-unsaturated/α-hetero) is 1. The molecule has 0 unspecified atom stereocenters. The van der Waals surface area contributed by atoms with E-state index in [0.717, 1.165) is 12.0 Å². The lowest BCUT2D eigenvalue weighted by atomic mass is 10.1. The van der Waals surface area contributed by atoms with Gasteiger partial charge in [0.1, 0.15) is 0 Å². The van der Waals surface area contributed by atoms with Gasteiger partial charge < -0.3 is 0 Å². The Hall–Kier alpha value is -1.55. The Kier molecular flexibility index (Phi) is 5.41. The third-order valence-electron chi connectivity index (χ3n) is 3.19. The SMILES string of the molecule is CCCCCCc1ccc(-c2cnc(C(C)=O)nc2)s1. The zero-order valence-corrected chi connectivity index (χ0v) is 12.9. The molecule has 2 heterocycles. The normalized spacial score (nSPS) is 10.7. The molecule has 20 heavy (non-hydrogen) atoms. The molecular formula is C16H20N2OS. The van der Waals surface area contributed by atoms with E-state index in [1.54, 1.807) is 23.7 Å². The van der Waals surface area contributed by atoms with Gasteiger partial charge in [0, 0.05) is 34.6 Å². The predicted molar refractivity (Wildman–Crippen MR) is 83.2 cm³/mol. The van der Waals surface area contributed by atoms with E-state index < -0.39 is 0 Å². The second-order valence-electron chi connectivity index (χ2n) is 4.93. The Morgan fingerprint density at radius 3 is 2.55 bits per heavy atom. The number of rotatable bonds is 7. The largest absolute Gasteiger partial charge is 0.291 e. The highest BCUT2D eigenvalue weighted by Crippen LogP contribution is 2.28. The van der Waals surface area contributed by atoms with Crippen LogP contribution in [0.2, 0.25) is 0 Å². The van der Waals surface area contributed by atoms with Crippen LogP contribution < -0.4 is 0 Å². The molecule has 0 amide bonds. The topological polar surface area (TPSA) is 42.9 Å². The molecular weight excluding hydrogens is 268 g/mol. The van der Waals surface area contributed by atoms with Crippen LogP contribution in [0.25, 0.3) is 10.4 Å². The van der Waals surface area contributed by atoms with E-state index in [2.05, 4.69) is 29.0 Å². The smallest absolute Gasteiger partial charge is 0.196 e. The molecule has 0 atom stereocenters. The van der Waals surface area contributed by atoms with Crippen molar-refractivity contribution in [3.63, 3.8) is 0 Å². The summed E-state index contributed by atoms with van der Waals surface area (Å²) in [5.74, 6) is 0.185. The lowest BCUT2D eigenvalue weighted by molar-refractivity contribution is 0.100. The van der Waals surface area contributed by atoms with Crippen LogP contribution in [0, 0.1) is 0 Å². The molecule has 0 saturated heterocycles. The highest BCUT2D eigenvalue weighted by Gasteiger charge is 2.06. The monoisotopic (exact) mass is 288 g/mol. The number of carbonyl (C=O) groups is 1. The van der Waals surface area contributed by atoms with Crippen LogP contribution in [0.3, 0.4) is 0 Å². The van der Waals surface area contributed by atoms with Crippen molar-refractivity contribution in [2.75, 3.05) is 0 Å². The molecule has 106 valence electrons. The van der Waals surface area contributed by atoms with E-state index in [1.165, 1.54) is 42.4 Å². The summed E-state index contributed by atoms with van der Waals surface area (Å²) in [7, 11) is 0. The molecule has 0 aromatic carbocycles. The predicted octanol–water partition coefficient (Wildman–Crippen LogP) is 4.53. The van der Waals surface area contributed by atoms with E-state index >= 15 is 0 Å². The molecule has 0 saturated carbocycles. The molecule has 2 rings (SSSR count). The highest BCUT2D eigenvalue weighted by atomic mass is 32.1. The molecule has 0 N–H and O–H groups in total. The minimum absolute atomic E-state index is 0.0978. The molecule has 4 heteroatoms. The Morgan fingerprint density at radius 2 is 1.90 bits per heavy atom. The number of aromatic nitrogens is 2. The van der Waals surface area contributed by atoms with E-state index in [4.69, 9.17) is 0 Å². The van der Waals surface area contributed by atoms with Gasteiger partial charge in [0.2, 0.25) is 0 Å². The van der Waals surface area contributed by atoms with Gasteiger partial charge in [0.05, 0.1) is 0 Å².